The van der Waals surface area contributed by atoms with Gasteiger partial charge in [-0.25, -0.2) is 0 Å². The maximum absolute atomic E-state index is 11.0. The lowest BCUT2D eigenvalue weighted by Crippen LogP contribution is -1.89. The van der Waals surface area contributed by atoms with Gasteiger partial charge in [0.15, 0.2) is 0 Å². The molecule has 0 amide bonds. The zero-order valence-electron chi connectivity index (χ0n) is 9.87. The Kier molecular flexibility index (Phi) is 4.38. The second-order valence-corrected chi connectivity index (χ2v) is 6.11. The summed E-state index contributed by atoms with van der Waals surface area (Å²) in [5.74, 6) is 0.536. The monoisotopic (exact) mass is 391 g/mol. The molecule has 1 aromatic heterocycles. The number of aliphatic hydroxyl groups is 1. The number of ether oxygens (including phenoxy) is 1. The summed E-state index contributed by atoms with van der Waals surface area (Å²) in [7, 11) is 0. The summed E-state index contributed by atoms with van der Waals surface area (Å²) < 4.78 is 6.52. The van der Waals surface area contributed by atoms with Gasteiger partial charge in [-0.3, -0.25) is 10.1 Å². The highest BCUT2D eigenvalue weighted by Gasteiger charge is 2.23. The third kappa shape index (κ3) is 3.43. The molecule has 0 saturated carbocycles. The lowest BCUT2D eigenvalue weighted by atomic mass is 10.3. The maximum Gasteiger partial charge on any atom is 0.323 e. The SMILES string of the molecule is C[C@@H](O)c1cc([N+](=O)[O-])c(Oc2cccc(I)c2)s1. The molecular weight excluding hydrogens is 381 g/mol. The minimum atomic E-state index is -0.753. The van der Waals surface area contributed by atoms with Gasteiger partial charge in [-0.15, -0.1) is 0 Å². The second kappa shape index (κ2) is 5.85. The molecule has 1 atom stereocenters. The standard InChI is InChI=1S/C12H10INO4S/c1-7(15)11-6-10(14(16)17)12(19-11)18-9-4-2-3-8(13)5-9/h2-7,15H,1H3/t7-/m1/s1. The number of nitro groups is 1. The highest BCUT2D eigenvalue weighted by Crippen LogP contribution is 2.41. The van der Waals surface area contributed by atoms with E-state index in [0.29, 0.717) is 10.6 Å². The molecule has 0 fully saturated rings. The second-order valence-electron chi connectivity index (χ2n) is 3.81. The van der Waals surface area contributed by atoms with Gasteiger partial charge in [0.25, 0.3) is 5.06 Å². The molecule has 100 valence electrons. The molecule has 19 heavy (non-hydrogen) atoms. The van der Waals surface area contributed by atoms with Gasteiger partial charge in [-0.1, -0.05) is 17.4 Å². The topological polar surface area (TPSA) is 72.6 Å². The number of hydrogen-bond acceptors (Lipinski definition) is 5. The largest absolute Gasteiger partial charge is 0.440 e. The maximum atomic E-state index is 11.0. The van der Waals surface area contributed by atoms with Crippen LogP contribution in [0, 0.1) is 13.7 Å². The Morgan fingerprint density at radius 3 is 2.79 bits per heavy atom. The summed E-state index contributed by atoms with van der Waals surface area (Å²) >= 11 is 3.22. The lowest BCUT2D eigenvalue weighted by molar-refractivity contribution is -0.385. The molecule has 0 saturated heterocycles. The van der Waals surface area contributed by atoms with E-state index in [2.05, 4.69) is 22.6 Å². The van der Waals surface area contributed by atoms with Crippen molar-refractivity contribution in [2.24, 2.45) is 0 Å². The van der Waals surface area contributed by atoms with Crippen LogP contribution in [-0.2, 0) is 0 Å². The number of benzene rings is 1. The molecule has 0 spiro atoms. The van der Waals surface area contributed by atoms with E-state index in [4.69, 9.17) is 4.74 Å². The van der Waals surface area contributed by atoms with E-state index < -0.39 is 11.0 Å². The first kappa shape index (κ1) is 14.2. The number of nitrogens with zero attached hydrogens (tertiary/aromatic N) is 1. The summed E-state index contributed by atoms with van der Waals surface area (Å²) in [6.45, 7) is 1.56. The van der Waals surface area contributed by atoms with Crippen molar-refractivity contribution in [2.75, 3.05) is 0 Å². The number of hydrogen-bond donors (Lipinski definition) is 1. The van der Waals surface area contributed by atoms with Crippen LogP contribution in [0.25, 0.3) is 0 Å². The van der Waals surface area contributed by atoms with Crippen molar-refractivity contribution in [3.8, 4) is 10.8 Å². The van der Waals surface area contributed by atoms with Crippen molar-refractivity contribution in [2.45, 2.75) is 13.0 Å². The summed E-state index contributed by atoms with van der Waals surface area (Å²) in [6.07, 6.45) is -0.753. The van der Waals surface area contributed by atoms with Crippen LogP contribution in [0.3, 0.4) is 0 Å². The third-order valence-electron chi connectivity index (χ3n) is 2.31. The van der Waals surface area contributed by atoms with E-state index in [0.717, 1.165) is 14.9 Å². The van der Waals surface area contributed by atoms with Gasteiger partial charge in [-0.05, 0) is 47.7 Å². The predicted molar refractivity (Wildman–Crippen MR) is 80.8 cm³/mol. The molecule has 1 heterocycles. The van der Waals surface area contributed by atoms with Crippen LogP contribution >= 0.6 is 33.9 Å². The summed E-state index contributed by atoms with van der Waals surface area (Å²) in [4.78, 5) is 11.0. The molecule has 2 aromatic rings. The Balaban J connectivity index is 2.36. The lowest BCUT2D eigenvalue weighted by Gasteiger charge is -2.03. The fourth-order valence-electron chi connectivity index (χ4n) is 1.43. The molecule has 5 nitrogen and oxygen atoms in total. The van der Waals surface area contributed by atoms with Crippen LogP contribution in [0.5, 0.6) is 10.8 Å². The van der Waals surface area contributed by atoms with E-state index in [1.165, 1.54) is 6.07 Å². The number of aliphatic hydroxyl groups excluding tert-OH is 1. The average molecular weight is 391 g/mol. The van der Waals surface area contributed by atoms with Gasteiger partial charge < -0.3 is 9.84 Å². The van der Waals surface area contributed by atoms with Crippen LogP contribution in [0.1, 0.15) is 17.9 Å². The average Bonchev–Trinajstić information content (AvgIpc) is 2.73. The van der Waals surface area contributed by atoms with Crippen LogP contribution in [0.4, 0.5) is 5.69 Å². The van der Waals surface area contributed by atoms with Crippen molar-refractivity contribution in [3.05, 3.63) is 48.9 Å². The molecule has 1 aromatic carbocycles. The fraction of sp³-hybridized carbons (Fsp3) is 0.167. The van der Waals surface area contributed by atoms with Crippen molar-refractivity contribution < 1.29 is 14.8 Å². The van der Waals surface area contributed by atoms with Gasteiger partial charge in [0.05, 0.1) is 11.0 Å². The van der Waals surface area contributed by atoms with E-state index >= 15 is 0 Å². The molecular formula is C12H10INO4S. The van der Waals surface area contributed by atoms with Gasteiger partial charge in [0.2, 0.25) is 0 Å². The van der Waals surface area contributed by atoms with E-state index in [1.807, 2.05) is 12.1 Å². The normalized spacial score (nSPS) is 12.2. The Labute approximate surface area is 127 Å². The van der Waals surface area contributed by atoms with Gasteiger partial charge >= 0.3 is 5.69 Å². The number of thiophene rings is 1. The highest BCUT2D eigenvalue weighted by molar-refractivity contribution is 14.1. The fourth-order valence-corrected chi connectivity index (χ4v) is 2.87. The predicted octanol–water partition coefficient (Wildman–Crippen LogP) is 4.11. The Morgan fingerprint density at radius 2 is 2.21 bits per heavy atom. The van der Waals surface area contributed by atoms with E-state index in [1.54, 1.807) is 19.1 Å². The molecule has 1 N–H and O–H groups in total. The molecule has 0 aliphatic carbocycles. The van der Waals surface area contributed by atoms with Crippen molar-refractivity contribution in [1.29, 1.82) is 0 Å². The molecule has 0 aliphatic rings. The third-order valence-corrected chi connectivity index (χ3v) is 4.16. The Morgan fingerprint density at radius 1 is 1.47 bits per heavy atom. The molecule has 0 unspecified atom stereocenters. The molecule has 2 rings (SSSR count). The van der Waals surface area contributed by atoms with Crippen LogP contribution < -0.4 is 4.74 Å². The smallest absolute Gasteiger partial charge is 0.323 e. The van der Waals surface area contributed by atoms with E-state index in [9.17, 15) is 15.2 Å². The van der Waals surface area contributed by atoms with Crippen LogP contribution in [0.2, 0.25) is 0 Å². The zero-order valence-corrected chi connectivity index (χ0v) is 12.8. The summed E-state index contributed by atoms with van der Waals surface area (Å²) in [5.41, 5.74) is -0.125. The quantitative estimate of drug-likeness (QED) is 0.484. The first-order valence-electron chi connectivity index (χ1n) is 5.37. The van der Waals surface area contributed by atoms with Crippen LogP contribution in [0.15, 0.2) is 30.3 Å². The number of halogens is 1. The first-order valence-corrected chi connectivity index (χ1v) is 7.26. The van der Waals surface area contributed by atoms with Gasteiger partial charge in [0.1, 0.15) is 5.75 Å². The van der Waals surface area contributed by atoms with Crippen LogP contribution in [-0.4, -0.2) is 10.0 Å². The minimum absolute atomic E-state index is 0.125. The number of rotatable bonds is 4. The Bertz CT molecular complexity index is 612. The minimum Gasteiger partial charge on any atom is -0.440 e. The van der Waals surface area contributed by atoms with E-state index in [-0.39, 0.29) is 10.8 Å². The van der Waals surface area contributed by atoms with Gasteiger partial charge in [-0.2, -0.15) is 0 Å². The summed E-state index contributed by atoms with van der Waals surface area (Å²) in [6, 6.07) is 8.57. The highest BCUT2D eigenvalue weighted by atomic mass is 127. The molecule has 0 radical (unpaired) electrons. The Hall–Kier alpha value is -1.19. The molecule has 7 heteroatoms. The molecule has 0 bridgehead atoms. The molecule has 0 aliphatic heterocycles. The van der Waals surface area contributed by atoms with Crippen molar-refractivity contribution in [1.82, 2.24) is 0 Å². The summed E-state index contributed by atoms with van der Waals surface area (Å²) in [5, 5.41) is 20.6. The van der Waals surface area contributed by atoms with Gasteiger partial charge in [0, 0.05) is 14.5 Å². The van der Waals surface area contributed by atoms with Crippen molar-refractivity contribution >= 4 is 39.6 Å². The zero-order chi connectivity index (χ0) is 14.0. The first-order chi connectivity index (χ1) is 8.97. The van der Waals surface area contributed by atoms with Crippen molar-refractivity contribution in [3.63, 3.8) is 0 Å².